The number of halogens is 1. The molecule has 1 aromatic carbocycles. The van der Waals surface area contributed by atoms with Gasteiger partial charge in [-0.05, 0) is 6.07 Å². The van der Waals surface area contributed by atoms with Gasteiger partial charge in [0, 0.05) is 19.2 Å². The number of aliphatic carboxylic acids is 1. The highest BCUT2D eigenvalue weighted by atomic mass is 19.1. The van der Waals surface area contributed by atoms with Crippen LogP contribution in [0.2, 0.25) is 0 Å². The molecule has 0 spiro atoms. The Bertz CT molecular complexity index is 436. The Morgan fingerprint density at radius 1 is 1.50 bits per heavy atom. The molecule has 0 aliphatic carbocycles. The fourth-order valence-corrected chi connectivity index (χ4v) is 1.78. The maximum absolute atomic E-state index is 13.6. The van der Waals surface area contributed by atoms with Gasteiger partial charge in [0.25, 0.3) is 0 Å². The molecule has 0 amide bonds. The van der Waals surface area contributed by atoms with Crippen LogP contribution in [0, 0.1) is 5.82 Å². The van der Waals surface area contributed by atoms with Crippen molar-refractivity contribution < 1.29 is 23.8 Å². The minimum atomic E-state index is -1.08. The summed E-state index contributed by atoms with van der Waals surface area (Å²) < 4.78 is 23.6. The summed E-state index contributed by atoms with van der Waals surface area (Å²) >= 11 is 0. The van der Waals surface area contributed by atoms with Gasteiger partial charge in [0.15, 0.2) is 0 Å². The van der Waals surface area contributed by atoms with Crippen molar-refractivity contribution in [2.45, 2.75) is 12.5 Å². The minimum absolute atomic E-state index is 0.000241. The van der Waals surface area contributed by atoms with Crippen molar-refractivity contribution in [2.24, 2.45) is 5.73 Å². The highest BCUT2D eigenvalue weighted by Crippen LogP contribution is 2.32. The van der Waals surface area contributed by atoms with Crippen LogP contribution in [0.5, 0.6) is 5.75 Å². The first-order valence-electron chi connectivity index (χ1n) is 5.33. The van der Waals surface area contributed by atoms with Crippen LogP contribution in [0.15, 0.2) is 12.1 Å². The van der Waals surface area contributed by atoms with E-state index in [1.807, 2.05) is 0 Å². The lowest BCUT2D eigenvalue weighted by atomic mass is 9.95. The summed E-state index contributed by atoms with van der Waals surface area (Å²) in [6.07, 6.45) is 0. The van der Waals surface area contributed by atoms with E-state index in [1.165, 1.54) is 26.4 Å². The summed E-state index contributed by atoms with van der Waals surface area (Å²) in [5.74, 6) is -2.34. The molecule has 0 aliphatic rings. The van der Waals surface area contributed by atoms with Gasteiger partial charge < -0.3 is 20.3 Å². The normalized spacial score (nSPS) is 12.2. The molecule has 1 unspecified atom stereocenters. The van der Waals surface area contributed by atoms with E-state index in [0.717, 1.165) is 0 Å². The zero-order valence-corrected chi connectivity index (χ0v) is 10.3. The molecule has 1 aromatic rings. The van der Waals surface area contributed by atoms with Crippen molar-refractivity contribution in [2.75, 3.05) is 20.8 Å². The van der Waals surface area contributed by atoms with Gasteiger partial charge in [-0.15, -0.1) is 0 Å². The Hall–Kier alpha value is -1.66. The molecule has 5 nitrogen and oxygen atoms in total. The SMILES string of the molecule is COCc1c(F)ccc(C(CN)C(=O)O)c1OC. The number of rotatable bonds is 6. The maximum atomic E-state index is 13.6. The van der Waals surface area contributed by atoms with Crippen LogP contribution in [0.4, 0.5) is 4.39 Å². The summed E-state index contributed by atoms with van der Waals surface area (Å²) in [7, 11) is 2.77. The average molecular weight is 257 g/mol. The minimum Gasteiger partial charge on any atom is -0.496 e. The second-order valence-corrected chi connectivity index (χ2v) is 3.71. The van der Waals surface area contributed by atoms with Crippen LogP contribution >= 0.6 is 0 Å². The summed E-state index contributed by atoms with van der Waals surface area (Å²) in [6.45, 7) is -0.0937. The van der Waals surface area contributed by atoms with E-state index in [0.29, 0.717) is 5.56 Å². The molecule has 6 heteroatoms. The lowest BCUT2D eigenvalue weighted by molar-refractivity contribution is -0.138. The Kier molecular flexibility index (Phi) is 5.06. The number of benzene rings is 1. The molecule has 0 fully saturated rings. The van der Waals surface area contributed by atoms with E-state index in [9.17, 15) is 9.18 Å². The summed E-state index contributed by atoms with van der Waals surface area (Å²) in [4.78, 5) is 11.1. The van der Waals surface area contributed by atoms with Crippen molar-refractivity contribution in [3.8, 4) is 5.75 Å². The number of carboxylic acid groups (broad SMARTS) is 1. The fraction of sp³-hybridized carbons (Fsp3) is 0.417. The Balaban J connectivity index is 3.35. The molecule has 0 radical (unpaired) electrons. The first-order valence-corrected chi connectivity index (χ1v) is 5.33. The third-order valence-electron chi connectivity index (χ3n) is 2.64. The van der Waals surface area contributed by atoms with E-state index in [2.05, 4.69) is 0 Å². The molecule has 100 valence electrons. The Labute approximate surface area is 104 Å². The smallest absolute Gasteiger partial charge is 0.312 e. The lowest BCUT2D eigenvalue weighted by Gasteiger charge is -2.18. The van der Waals surface area contributed by atoms with Gasteiger partial charge in [0.1, 0.15) is 11.6 Å². The van der Waals surface area contributed by atoms with E-state index in [4.69, 9.17) is 20.3 Å². The molecular formula is C12H16FNO4. The fourth-order valence-electron chi connectivity index (χ4n) is 1.78. The predicted octanol–water partition coefficient (Wildman–Crippen LogP) is 1.11. The van der Waals surface area contributed by atoms with E-state index < -0.39 is 17.7 Å². The second kappa shape index (κ2) is 6.32. The van der Waals surface area contributed by atoms with E-state index in [-0.39, 0.29) is 24.5 Å². The van der Waals surface area contributed by atoms with Crippen LogP contribution < -0.4 is 10.5 Å². The Morgan fingerprint density at radius 3 is 2.61 bits per heavy atom. The molecule has 0 saturated carbocycles. The average Bonchev–Trinajstić information content (AvgIpc) is 2.33. The third-order valence-corrected chi connectivity index (χ3v) is 2.64. The highest BCUT2D eigenvalue weighted by Gasteiger charge is 2.25. The third kappa shape index (κ3) is 2.77. The van der Waals surface area contributed by atoms with Gasteiger partial charge in [-0.1, -0.05) is 6.07 Å². The van der Waals surface area contributed by atoms with Gasteiger partial charge in [0.2, 0.25) is 0 Å². The van der Waals surface area contributed by atoms with Gasteiger partial charge in [-0.25, -0.2) is 4.39 Å². The number of carbonyl (C=O) groups is 1. The van der Waals surface area contributed by atoms with Crippen molar-refractivity contribution in [3.63, 3.8) is 0 Å². The van der Waals surface area contributed by atoms with Gasteiger partial charge in [0.05, 0.1) is 25.2 Å². The summed E-state index contributed by atoms with van der Waals surface area (Å²) in [5.41, 5.74) is 5.97. The molecule has 18 heavy (non-hydrogen) atoms. The summed E-state index contributed by atoms with van der Waals surface area (Å²) in [5, 5.41) is 9.08. The van der Waals surface area contributed by atoms with Gasteiger partial charge in [-0.2, -0.15) is 0 Å². The number of ether oxygens (including phenoxy) is 2. The van der Waals surface area contributed by atoms with Crippen molar-refractivity contribution in [1.29, 1.82) is 0 Å². The van der Waals surface area contributed by atoms with Crippen LogP contribution in [-0.2, 0) is 16.1 Å². The first kappa shape index (κ1) is 14.4. The number of hydrogen-bond donors (Lipinski definition) is 2. The molecule has 1 atom stereocenters. The quantitative estimate of drug-likeness (QED) is 0.797. The molecule has 3 N–H and O–H groups in total. The highest BCUT2D eigenvalue weighted by molar-refractivity contribution is 5.77. The number of carboxylic acids is 1. The van der Waals surface area contributed by atoms with Crippen molar-refractivity contribution in [3.05, 3.63) is 29.1 Å². The number of nitrogens with two attached hydrogens (primary N) is 1. The summed E-state index contributed by atoms with van der Waals surface area (Å²) in [6, 6.07) is 2.57. The largest absolute Gasteiger partial charge is 0.496 e. The molecule has 0 aliphatic heterocycles. The van der Waals surface area contributed by atoms with Gasteiger partial charge in [-0.3, -0.25) is 4.79 Å². The van der Waals surface area contributed by atoms with Crippen LogP contribution in [-0.4, -0.2) is 31.8 Å². The molecule has 1 rings (SSSR count). The van der Waals surface area contributed by atoms with Crippen LogP contribution in [0.25, 0.3) is 0 Å². The Morgan fingerprint density at radius 2 is 2.17 bits per heavy atom. The standard InChI is InChI=1S/C12H16FNO4/c1-17-6-9-10(13)4-3-7(11(9)18-2)8(5-14)12(15)16/h3-4,8H,5-6,14H2,1-2H3,(H,15,16). The zero-order valence-electron chi connectivity index (χ0n) is 10.3. The zero-order chi connectivity index (χ0) is 13.7. The second-order valence-electron chi connectivity index (χ2n) is 3.71. The van der Waals surface area contributed by atoms with Crippen molar-refractivity contribution in [1.82, 2.24) is 0 Å². The van der Waals surface area contributed by atoms with E-state index >= 15 is 0 Å². The maximum Gasteiger partial charge on any atom is 0.312 e. The van der Waals surface area contributed by atoms with Gasteiger partial charge >= 0.3 is 5.97 Å². The lowest BCUT2D eigenvalue weighted by Crippen LogP contribution is -2.22. The molecule has 0 heterocycles. The molecule has 0 bridgehead atoms. The topological polar surface area (TPSA) is 81.8 Å². The monoisotopic (exact) mass is 257 g/mol. The van der Waals surface area contributed by atoms with Crippen LogP contribution in [0.3, 0.4) is 0 Å². The number of methoxy groups -OCH3 is 2. The predicted molar refractivity (Wildman–Crippen MR) is 63.1 cm³/mol. The molecular weight excluding hydrogens is 241 g/mol. The van der Waals surface area contributed by atoms with Crippen LogP contribution in [0.1, 0.15) is 17.0 Å². The molecule has 0 saturated heterocycles. The molecule has 0 aromatic heterocycles. The number of hydrogen-bond acceptors (Lipinski definition) is 4. The van der Waals surface area contributed by atoms with Crippen molar-refractivity contribution >= 4 is 5.97 Å². The van der Waals surface area contributed by atoms with E-state index in [1.54, 1.807) is 0 Å². The first-order chi connectivity index (χ1) is 8.56.